The van der Waals surface area contributed by atoms with Crippen LogP contribution in [0.15, 0.2) is 43.0 Å². The number of ether oxygens (including phenoxy) is 2. The van der Waals surface area contributed by atoms with E-state index in [1.807, 2.05) is 30.3 Å². The van der Waals surface area contributed by atoms with Gasteiger partial charge in [0.2, 0.25) is 0 Å². The smallest absolute Gasteiger partial charge is 0.119 e. The number of hydrogen-bond acceptors (Lipinski definition) is 2. The van der Waals surface area contributed by atoms with Gasteiger partial charge in [-0.15, -0.1) is 6.58 Å². The largest absolute Gasteiger partial charge is 0.493 e. The minimum Gasteiger partial charge on any atom is -0.493 e. The van der Waals surface area contributed by atoms with Gasteiger partial charge >= 0.3 is 0 Å². The molecule has 0 fully saturated rings. The Bertz CT molecular complexity index is 244. The first-order valence-corrected chi connectivity index (χ1v) is 4.65. The molecule has 2 heteroatoms. The second kappa shape index (κ2) is 7.15. The van der Waals surface area contributed by atoms with E-state index in [0.29, 0.717) is 13.2 Å². The third-order valence-electron chi connectivity index (χ3n) is 1.58. The maximum Gasteiger partial charge on any atom is 0.119 e. The highest BCUT2D eigenvalue weighted by Gasteiger charge is 1.91. The lowest BCUT2D eigenvalue weighted by molar-refractivity contribution is 0.203. The highest BCUT2D eigenvalue weighted by atomic mass is 16.5. The summed E-state index contributed by atoms with van der Waals surface area (Å²) in [5.74, 6) is 0.893. The molecule has 0 heterocycles. The molecular formula is C12H15O2. The summed E-state index contributed by atoms with van der Waals surface area (Å²) in [5, 5.41) is 0. The summed E-state index contributed by atoms with van der Waals surface area (Å²) in [6, 6.07) is 9.74. The SMILES string of the molecule is C=CCO[CH]CCOc1ccccc1. The van der Waals surface area contributed by atoms with Crippen molar-refractivity contribution in [3.63, 3.8) is 0 Å². The maximum atomic E-state index is 5.45. The van der Waals surface area contributed by atoms with Crippen LogP contribution in [0.25, 0.3) is 0 Å². The Balaban J connectivity index is 2.02. The predicted molar refractivity (Wildman–Crippen MR) is 57.0 cm³/mol. The molecule has 1 aromatic rings. The standard InChI is InChI=1S/C12H15O2/c1-2-9-13-10-6-11-14-12-7-4-3-5-8-12/h2-5,7-8,10H,1,6,9,11H2. The van der Waals surface area contributed by atoms with Gasteiger partial charge in [0, 0.05) is 6.42 Å². The third kappa shape index (κ3) is 4.67. The van der Waals surface area contributed by atoms with Crippen molar-refractivity contribution in [3.05, 3.63) is 49.6 Å². The van der Waals surface area contributed by atoms with Crippen molar-refractivity contribution >= 4 is 0 Å². The average Bonchev–Trinajstić information content (AvgIpc) is 2.25. The van der Waals surface area contributed by atoms with Gasteiger partial charge in [0.05, 0.1) is 19.8 Å². The van der Waals surface area contributed by atoms with Crippen molar-refractivity contribution in [2.24, 2.45) is 0 Å². The zero-order valence-corrected chi connectivity index (χ0v) is 8.19. The van der Waals surface area contributed by atoms with Gasteiger partial charge in [0.15, 0.2) is 0 Å². The molecule has 1 aromatic carbocycles. The van der Waals surface area contributed by atoms with E-state index >= 15 is 0 Å². The van der Waals surface area contributed by atoms with Crippen LogP contribution in [0.4, 0.5) is 0 Å². The van der Waals surface area contributed by atoms with Gasteiger partial charge in [-0.25, -0.2) is 0 Å². The minimum absolute atomic E-state index is 0.561. The molecular weight excluding hydrogens is 176 g/mol. The normalized spacial score (nSPS) is 9.71. The molecule has 0 bridgehead atoms. The molecule has 0 N–H and O–H groups in total. The molecule has 0 saturated carbocycles. The van der Waals surface area contributed by atoms with E-state index in [1.165, 1.54) is 0 Å². The summed E-state index contributed by atoms with van der Waals surface area (Å²) in [4.78, 5) is 0. The number of rotatable bonds is 7. The molecule has 75 valence electrons. The van der Waals surface area contributed by atoms with Gasteiger partial charge < -0.3 is 9.47 Å². The van der Waals surface area contributed by atoms with Crippen LogP contribution >= 0.6 is 0 Å². The Hall–Kier alpha value is -1.28. The van der Waals surface area contributed by atoms with Crippen LogP contribution in [0, 0.1) is 6.61 Å². The number of para-hydroxylation sites is 1. The van der Waals surface area contributed by atoms with Crippen molar-refractivity contribution in [1.29, 1.82) is 0 Å². The Morgan fingerprint density at radius 1 is 1.21 bits per heavy atom. The highest BCUT2D eigenvalue weighted by Crippen LogP contribution is 2.08. The van der Waals surface area contributed by atoms with E-state index in [2.05, 4.69) is 6.58 Å². The van der Waals surface area contributed by atoms with Crippen LogP contribution in [0.2, 0.25) is 0 Å². The quantitative estimate of drug-likeness (QED) is 0.487. The zero-order chi connectivity index (χ0) is 10.1. The Morgan fingerprint density at radius 2 is 2.00 bits per heavy atom. The van der Waals surface area contributed by atoms with Crippen molar-refractivity contribution in [2.45, 2.75) is 6.42 Å². The van der Waals surface area contributed by atoms with Crippen LogP contribution in [-0.2, 0) is 4.74 Å². The molecule has 1 radical (unpaired) electrons. The lowest BCUT2D eigenvalue weighted by Gasteiger charge is -2.04. The third-order valence-corrected chi connectivity index (χ3v) is 1.58. The van der Waals surface area contributed by atoms with Gasteiger partial charge in [-0.3, -0.25) is 0 Å². The number of hydrogen-bond donors (Lipinski definition) is 0. The lowest BCUT2D eigenvalue weighted by Crippen LogP contribution is -1.99. The predicted octanol–water partition coefficient (Wildman–Crippen LogP) is 2.82. The van der Waals surface area contributed by atoms with Crippen molar-refractivity contribution < 1.29 is 9.47 Å². The summed E-state index contributed by atoms with van der Waals surface area (Å²) >= 11 is 0. The molecule has 0 saturated heterocycles. The summed E-state index contributed by atoms with van der Waals surface area (Å²) in [6.45, 7) is 6.49. The Morgan fingerprint density at radius 3 is 2.71 bits per heavy atom. The van der Waals surface area contributed by atoms with Gasteiger partial charge in [0.1, 0.15) is 5.75 Å². The van der Waals surface area contributed by atoms with E-state index < -0.39 is 0 Å². The molecule has 0 aliphatic rings. The first-order chi connectivity index (χ1) is 6.93. The van der Waals surface area contributed by atoms with E-state index in [-0.39, 0.29) is 0 Å². The monoisotopic (exact) mass is 191 g/mol. The first-order valence-electron chi connectivity index (χ1n) is 4.65. The fraction of sp³-hybridized carbons (Fsp3) is 0.250. The minimum atomic E-state index is 0.561. The molecule has 14 heavy (non-hydrogen) atoms. The van der Waals surface area contributed by atoms with Crippen LogP contribution in [0.1, 0.15) is 6.42 Å². The average molecular weight is 191 g/mol. The van der Waals surface area contributed by atoms with Crippen LogP contribution in [-0.4, -0.2) is 13.2 Å². The lowest BCUT2D eigenvalue weighted by atomic mass is 10.3. The molecule has 0 spiro atoms. The summed E-state index contributed by atoms with van der Waals surface area (Å²) in [6.07, 6.45) is 2.50. The van der Waals surface area contributed by atoms with Gasteiger partial charge in [0.25, 0.3) is 0 Å². The summed E-state index contributed by atoms with van der Waals surface area (Å²) in [7, 11) is 0. The van der Waals surface area contributed by atoms with E-state index in [0.717, 1.165) is 12.2 Å². The molecule has 0 aliphatic carbocycles. The van der Waals surface area contributed by atoms with Crippen molar-refractivity contribution in [3.8, 4) is 5.75 Å². The molecule has 2 nitrogen and oxygen atoms in total. The van der Waals surface area contributed by atoms with Crippen LogP contribution in [0.3, 0.4) is 0 Å². The van der Waals surface area contributed by atoms with Crippen LogP contribution in [0.5, 0.6) is 5.75 Å². The van der Waals surface area contributed by atoms with E-state index in [9.17, 15) is 0 Å². The highest BCUT2D eigenvalue weighted by molar-refractivity contribution is 5.20. The van der Waals surface area contributed by atoms with Crippen molar-refractivity contribution in [1.82, 2.24) is 0 Å². The molecule has 0 aromatic heterocycles. The molecule has 0 atom stereocenters. The Labute approximate surface area is 85.2 Å². The van der Waals surface area contributed by atoms with Gasteiger partial charge in [-0.2, -0.15) is 0 Å². The van der Waals surface area contributed by atoms with E-state index in [1.54, 1.807) is 12.7 Å². The summed E-state index contributed by atoms with van der Waals surface area (Å²) < 4.78 is 10.5. The van der Waals surface area contributed by atoms with Gasteiger partial charge in [-0.1, -0.05) is 24.3 Å². The molecule has 1 rings (SSSR count). The Kier molecular flexibility index (Phi) is 5.52. The van der Waals surface area contributed by atoms with Crippen molar-refractivity contribution in [2.75, 3.05) is 13.2 Å². The van der Waals surface area contributed by atoms with Gasteiger partial charge in [-0.05, 0) is 12.1 Å². The molecule has 0 amide bonds. The second-order valence-corrected chi connectivity index (χ2v) is 2.74. The number of benzene rings is 1. The summed E-state index contributed by atoms with van der Waals surface area (Å²) in [5.41, 5.74) is 0. The fourth-order valence-electron chi connectivity index (χ4n) is 0.961. The second-order valence-electron chi connectivity index (χ2n) is 2.74. The fourth-order valence-corrected chi connectivity index (χ4v) is 0.961. The van der Waals surface area contributed by atoms with E-state index in [4.69, 9.17) is 9.47 Å². The topological polar surface area (TPSA) is 18.5 Å². The molecule has 0 unspecified atom stereocenters. The van der Waals surface area contributed by atoms with Crippen LogP contribution < -0.4 is 4.74 Å². The zero-order valence-electron chi connectivity index (χ0n) is 8.19. The first kappa shape index (κ1) is 10.8. The maximum absolute atomic E-state index is 5.45. The molecule has 0 aliphatic heterocycles.